The molecule has 0 aromatic heterocycles. The minimum absolute atomic E-state index is 0.0991. The fraction of sp³-hybridized carbons (Fsp3) is 0.0968. The molecule has 8 heteroatoms. The van der Waals surface area contributed by atoms with Crippen LogP contribution in [0.3, 0.4) is 0 Å². The van der Waals surface area contributed by atoms with E-state index in [4.69, 9.17) is 4.74 Å². The summed E-state index contributed by atoms with van der Waals surface area (Å²) in [4.78, 5) is 25.8. The van der Waals surface area contributed by atoms with Gasteiger partial charge in [0.05, 0.1) is 11.1 Å². The SMILES string of the molecule is O=C(N[C@H](C(=O)O)c1cccc2ccccc12)c1ccc2ccccc2c1OCc1ccc(C(F)(F)F)cc1. The van der Waals surface area contributed by atoms with Gasteiger partial charge in [0, 0.05) is 5.39 Å². The van der Waals surface area contributed by atoms with Crippen LogP contribution in [0.1, 0.15) is 33.1 Å². The monoisotopic (exact) mass is 529 g/mol. The first-order valence-electron chi connectivity index (χ1n) is 12.0. The predicted molar refractivity (Wildman–Crippen MR) is 142 cm³/mol. The molecule has 1 amide bonds. The molecule has 0 aliphatic carbocycles. The molecule has 5 aromatic carbocycles. The fourth-order valence-corrected chi connectivity index (χ4v) is 4.51. The number of rotatable bonds is 7. The summed E-state index contributed by atoms with van der Waals surface area (Å²) in [6.45, 7) is -0.0991. The van der Waals surface area contributed by atoms with Crippen molar-refractivity contribution in [3.05, 3.63) is 125 Å². The summed E-state index contributed by atoms with van der Waals surface area (Å²) in [6.07, 6.45) is -4.45. The summed E-state index contributed by atoms with van der Waals surface area (Å²) in [6, 6.07) is 26.2. The van der Waals surface area contributed by atoms with E-state index in [-0.39, 0.29) is 17.9 Å². The van der Waals surface area contributed by atoms with Gasteiger partial charge in [0.1, 0.15) is 12.4 Å². The Labute approximate surface area is 221 Å². The number of benzene rings is 5. The number of nitrogens with one attached hydrogen (secondary N) is 1. The highest BCUT2D eigenvalue weighted by molar-refractivity contribution is 6.05. The summed E-state index contributed by atoms with van der Waals surface area (Å²) in [7, 11) is 0. The molecule has 0 bridgehead atoms. The van der Waals surface area contributed by atoms with Crippen molar-refractivity contribution in [1.82, 2.24) is 5.32 Å². The van der Waals surface area contributed by atoms with E-state index >= 15 is 0 Å². The molecule has 39 heavy (non-hydrogen) atoms. The van der Waals surface area contributed by atoms with Gasteiger partial charge in [0.25, 0.3) is 5.91 Å². The lowest BCUT2D eigenvalue weighted by Gasteiger charge is -2.19. The van der Waals surface area contributed by atoms with Gasteiger partial charge in [0.15, 0.2) is 6.04 Å². The van der Waals surface area contributed by atoms with Crippen LogP contribution in [0.4, 0.5) is 13.2 Å². The van der Waals surface area contributed by atoms with Gasteiger partial charge in [-0.05, 0) is 45.5 Å². The van der Waals surface area contributed by atoms with Crippen LogP contribution in [-0.4, -0.2) is 17.0 Å². The molecule has 0 spiro atoms. The first kappa shape index (κ1) is 25.8. The predicted octanol–water partition coefficient (Wildman–Crippen LogP) is 7.15. The average Bonchev–Trinajstić information content (AvgIpc) is 2.93. The second-order valence-electron chi connectivity index (χ2n) is 8.96. The van der Waals surface area contributed by atoms with Crippen molar-refractivity contribution >= 4 is 33.4 Å². The normalized spacial score (nSPS) is 12.3. The molecule has 0 saturated carbocycles. The maximum absolute atomic E-state index is 13.5. The van der Waals surface area contributed by atoms with E-state index in [9.17, 15) is 27.9 Å². The topological polar surface area (TPSA) is 75.6 Å². The lowest BCUT2D eigenvalue weighted by atomic mass is 9.98. The van der Waals surface area contributed by atoms with Crippen molar-refractivity contribution in [2.45, 2.75) is 18.8 Å². The standard InChI is InChI=1S/C31H22F3NO4/c32-31(33,34)22-15-12-19(13-16-22)18-39-28-24-10-4-2-7-21(24)14-17-26(28)29(36)35-27(30(37)38)25-11-5-8-20-6-1-3-9-23(20)25/h1-17,27H,18H2,(H,35,36)(H,37,38)/t27-/m0/s1. The van der Waals surface area contributed by atoms with Gasteiger partial charge in [-0.2, -0.15) is 13.2 Å². The highest BCUT2D eigenvalue weighted by Gasteiger charge is 2.30. The number of carbonyl (C=O) groups is 2. The van der Waals surface area contributed by atoms with Gasteiger partial charge in [-0.1, -0.05) is 84.9 Å². The zero-order valence-corrected chi connectivity index (χ0v) is 20.4. The molecule has 1 atom stereocenters. The Morgan fingerprint density at radius 3 is 2.05 bits per heavy atom. The first-order chi connectivity index (χ1) is 18.7. The van der Waals surface area contributed by atoms with Crippen LogP contribution < -0.4 is 10.1 Å². The summed E-state index contributed by atoms with van der Waals surface area (Å²) in [5.41, 5.74) is 0.236. The Kier molecular flexibility index (Phi) is 6.94. The molecule has 5 aromatic rings. The summed E-state index contributed by atoms with van der Waals surface area (Å²) in [5, 5.41) is 15.6. The Hall–Kier alpha value is -4.85. The molecule has 5 rings (SSSR count). The molecule has 2 N–H and O–H groups in total. The number of ether oxygens (including phenoxy) is 1. The number of hydrogen-bond acceptors (Lipinski definition) is 3. The van der Waals surface area contributed by atoms with Crippen LogP contribution in [0.5, 0.6) is 5.75 Å². The molecular weight excluding hydrogens is 507 g/mol. The minimum atomic E-state index is -4.45. The van der Waals surface area contributed by atoms with Crippen molar-refractivity contribution in [2.75, 3.05) is 0 Å². The minimum Gasteiger partial charge on any atom is -0.487 e. The van der Waals surface area contributed by atoms with Gasteiger partial charge < -0.3 is 15.2 Å². The number of alkyl halides is 3. The van der Waals surface area contributed by atoms with Crippen LogP contribution >= 0.6 is 0 Å². The van der Waals surface area contributed by atoms with E-state index in [0.717, 1.165) is 22.9 Å². The van der Waals surface area contributed by atoms with Gasteiger partial charge in [0.2, 0.25) is 0 Å². The lowest BCUT2D eigenvalue weighted by molar-refractivity contribution is -0.139. The maximum atomic E-state index is 13.5. The third-order valence-electron chi connectivity index (χ3n) is 6.45. The van der Waals surface area contributed by atoms with Gasteiger partial charge >= 0.3 is 12.1 Å². The molecule has 196 valence electrons. The first-order valence-corrected chi connectivity index (χ1v) is 12.0. The largest absolute Gasteiger partial charge is 0.487 e. The smallest absolute Gasteiger partial charge is 0.416 e. The molecule has 0 radical (unpaired) electrons. The second-order valence-corrected chi connectivity index (χ2v) is 8.96. The molecule has 0 aliphatic rings. The summed E-state index contributed by atoms with van der Waals surface area (Å²) >= 11 is 0. The third kappa shape index (κ3) is 5.40. The molecule has 0 unspecified atom stereocenters. The van der Waals surface area contributed by atoms with Crippen molar-refractivity contribution in [3.63, 3.8) is 0 Å². The Morgan fingerprint density at radius 2 is 1.38 bits per heavy atom. The molecule has 5 nitrogen and oxygen atoms in total. The van der Waals surface area contributed by atoms with Gasteiger partial charge in [-0.25, -0.2) is 4.79 Å². The zero-order valence-electron chi connectivity index (χ0n) is 20.4. The Balaban J connectivity index is 1.48. The second kappa shape index (κ2) is 10.5. The van der Waals surface area contributed by atoms with Crippen LogP contribution in [0.25, 0.3) is 21.5 Å². The van der Waals surface area contributed by atoms with Crippen molar-refractivity contribution in [3.8, 4) is 5.75 Å². The van der Waals surface area contributed by atoms with Crippen molar-refractivity contribution < 1.29 is 32.6 Å². The van der Waals surface area contributed by atoms with Gasteiger partial charge in [-0.3, -0.25) is 4.79 Å². The molecule has 0 aliphatic heterocycles. The molecular formula is C31H22F3NO4. The van der Waals surface area contributed by atoms with Gasteiger partial charge in [-0.15, -0.1) is 0 Å². The zero-order chi connectivity index (χ0) is 27.6. The average molecular weight is 530 g/mol. The van der Waals surface area contributed by atoms with Crippen LogP contribution in [0.15, 0.2) is 103 Å². The van der Waals surface area contributed by atoms with Crippen LogP contribution in [0, 0.1) is 0 Å². The molecule has 0 saturated heterocycles. The van der Waals surface area contributed by atoms with E-state index in [1.54, 1.807) is 48.5 Å². The number of hydrogen-bond donors (Lipinski definition) is 2. The summed E-state index contributed by atoms with van der Waals surface area (Å²) < 4.78 is 44.8. The maximum Gasteiger partial charge on any atom is 0.416 e. The highest BCUT2D eigenvalue weighted by atomic mass is 19.4. The number of amides is 1. The van der Waals surface area contributed by atoms with Crippen molar-refractivity contribution in [2.24, 2.45) is 0 Å². The van der Waals surface area contributed by atoms with E-state index in [1.165, 1.54) is 12.1 Å². The number of carboxylic acids is 1. The Morgan fingerprint density at radius 1 is 0.769 bits per heavy atom. The number of carbonyl (C=O) groups excluding carboxylic acids is 1. The van der Waals surface area contributed by atoms with E-state index in [2.05, 4.69) is 5.32 Å². The number of aliphatic carboxylic acids is 1. The molecule has 0 fully saturated rings. The Bertz CT molecular complexity index is 1670. The van der Waals surface area contributed by atoms with Crippen LogP contribution in [0.2, 0.25) is 0 Å². The van der Waals surface area contributed by atoms with E-state index < -0.39 is 29.7 Å². The van der Waals surface area contributed by atoms with E-state index in [0.29, 0.717) is 21.9 Å². The molecule has 0 heterocycles. The summed E-state index contributed by atoms with van der Waals surface area (Å²) in [5.74, 6) is -1.69. The third-order valence-corrected chi connectivity index (χ3v) is 6.45. The quantitative estimate of drug-likeness (QED) is 0.235. The fourth-order valence-electron chi connectivity index (χ4n) is 4.51. The number of carboxylic acid groups (broad SMARTS) is 1. The number of halogens is 3. The van der Waals surface area contributed by atoms with E-state index in [1.807, 2.05) is 30.3 Å². The highest BCUT2D eigenvalue weighted by Crippen LogP contribution is 2.33. The van der Waals surface area contributed by atoms with Crippen LogP contribution in [-0.2, 0) is 17.6 Å². The number of fused-ring (bicyclic) bond motifs is 2. The van der Waals surface area contributed by atoms with Crippen molar-refractivity contribution in [1.29, 1.82) is 0 Å². The lowest BCUT2D eigenvalue weighted by Crippen LogP contribution is -2.34.